The Morgan fingerprint density at radius 1 is 1.16 bits per heavy atom. The van der Waals surface area contributed by atoms with E-state index in [0.29, 0.717) is 34.4 Å². The molecule has 1 N–H and O–H groups in total. The average Bonchev–Trinajstić information content (AvgIpc) is 3.28. The molecule has 5 atom stereocenters. The molecule has 1 fully saturated rings. The van der Waals surface area contributed by atoms with Gasteiger partial charge in [0.15, 0.2) is 0 Å². The Labute approximate surface area is 235 Å². The fraction of sp³-hybridized carbons (Fsp3) is 0.765. The third-order valence-electron chi connectivity index (χ3n) is 10.8. The van der Waals surface area contributed by atoms with Gasteiger partial charge in [-0.2, -0.15) is 0 Å². The van der Waals surface area contributed by atoms with Crippen molar-refractivity contribution in [2.75, 3.05) is 0 Å². The van der Waals surface area contributed by atoms with E-state index in [-0.39, 0.29) is 10.8 Å². The van der Waals surface area contributed by atoms with Crippen molar-refractivity contribution in [3.63, 3.8) is 0 Å². The second-order valence-electron chi connectivity index (χ2n) is 14.5. The van der Waals surface area contributed by atoms with Gasteiger partial charge in [0, 0.05) is 11.6 Å². The maximum Gasteiger partial charge on any atom is 0.270 e. The molecule has 216 valence electrons. The van der Waals surface area contributed by atoms with E-state index in [2.05, 4.69) is 81.9 Å². The molecule has 0 bridgehead atoms. The summed E-state index contributed by atoms with van der Waals surface area (Å²) < 4.78 is 12.7. The van der Waals surface area contributed by atoms with Crippen LogP contribution in [0.5, 0.6) is 5.95 Å². The molecule has 4 heteroatoms. The number of aliphatic hydroxyl groups is 1. The molecule has 1 aromatic heterocycles. The van der Waals surface area contributed by atoms with Crippen molar-refractivity contribution in [1.82, 2.24) is 0 Å². The van der Waals surface area contributed by atoms with Crippen LogP contribution < -0.4 is 4.43 Å². The first-order valence-electron chi connectivity index (χ1n) is 15.5. The molecule has 0 radical (unpaired) electrons. The maximum absolute atomic E-state index is 11.6. The van der Waals surface area contributed by atoms with Gasteiger partial charge in [-0.05, 0) is 91.2 Å². The van der Waals surface area contributed by atoms with E-state index in [0.717, 1.165) is 24.8 Å². The fourth-order valence-electron chi connectivity index (χ4n) is 8.42. The van der Waals surface area contributed by atoms with Crippen molar-refractivity contribution < 1.29 is 13.9 Å². The SMILES string of the molecule is C=C(C)CCC[C@@]1(C)CCC[C@H]2C1=CC[C@H](C)[C@]2(C)C[C@@H](O)c1coc(O[Si](C(C)C)(C(C)C)C(C)C)c1. The quantitative estimate of drug-likeness (QED) is 0.211. The van der Waals surface area contributed by atoms with Crippen LogP contribution in [0.15, 0.2) is 40.5 Å². The molecule has 0 amide bonds. The minimum Gasteiger partial charge on any atom is -0.518 e. The second-order valence-corrected chi connectivity index (χ2v) is 19.8. The largest absolute Gasteiger partial charge is 0.518 e. The molecule has 1 aromatic rings. The highest BCUT2D eigenvalue weighted by Crippen LogP contribution is 2.60. The highest BCUT2D eigenvalue weighted by Gasteiger charge is 2.50. The van der Waals surface area contributed by atoms with Gasteiger partial charge in [-0.15, -0.1) is 6.58 Å². The van der Waals surface area contributed by atoms with Gasteiger partial charge in [0.2, 0.25) is 0 Å². The van der Waals surface area contributed by atoms with Crippen LogP contribution in [0, 0.1) is 22.7 Å². The second kappa shape index (κ2) is 12.1. The molecule has 0 aliphatic heterocycles. The first kappa shape index (κ1) is 31.3. The predicted molar refractivity (Wildman–Crippen MR) is 164 cm³/mol. The summed E-state index contributed by atoms with van der Waals surface area (Å²) in [7, 11) is -2.10. The third kappa shape index (κ3) is 6.07. The summed E-state index contributed by atoms with van der Waals surface area (Å²) in [6, 6.07) is 1.98. The number of aliphatic hydroxyl groups excluding tert-OH is 1. The summed E-state index contributed by atoms with van der Waals surface area (Å²) in [5.41, 5.74) is 5.60. The summed E-state index contributed by atoms with van der Waals surface area (Å²) in [6.45, 7) is 27.4. The number of hydrogen-bond donors (Lipinski definition) is 1. The molecule has 1 saturated carbocycles. The summed E-state index contributed by atoms with van der Waals surface area (Å²) in [4.78, 5) is 0. The van der Waals surface area contributed by atoms with Crippen LogP contribution in [0.3, 0.4) is 0 Å². The lowest BCUT2D eigenvalue weighted by molar-refractivity contribution is 0.00550. The van der Waals surface area contributed by atoms with Crippen molar-refractivity contribution in [2.24, 2.45) is 22.7 Å². The summed E-state index contributed by atoms with van der Waals surface area (Å²) in [5.74, 6) is 1.66. The lowest BCUT2D eigenvalue weighted by Crippen LogP contribution is -2.50. The molecule has 0 aromatic carbocycles. The Morgan fingerprint density at radius 2 is 1.79 bits per heavy atom. The van der Waals surface area contributed by atoms with Crippen LogP contribution in [0.25, 0.3) is 0 Å². The zero-order chi connectivity index (χ0) is 28.5. The Morgan fingerprint density at radius 3 is 2.37 bits per heavy atom. The molecule has 0 saturated heterocycles. The summed E-state index contributed by atoms with van der Waals surface area (Å²) >= 11 is 0. The summed E-state index contributed by atoms with van der Waals surface area (Å²) in [5, 5.41) is 11.6. The van der Waals surface area contributed by atoms with Crippen molar-refractivity contribution >= 4 is 8.32 Å². The van der Waals surface area contributed by atoms with E-state index in [1.54, 1.807) is 11.8 Å². The van der Waals surface area contributed by atoms with Gasteiger partial charge in [0.25, 0.3) is 14.3 Å². The molecular weight excluding hydrogens is 484 g/mol. The van der Waals surface area contributed by atoms with Crippen LogP contribution in [0.1, 0.15) is 132 Å². The molecule has 1 heterocycles. The van der Waals surface area contributed by atoms with E-state index in [1.807, 2.05) is 6.07 Å². The van der Waals surface area contributed by atoms with E-state index in [4.69, 9.17) is 8.84 Å². The Kier molecular flexibility index (Phi) is 9.94. The summed E-state index contributed by atoms with van der Waals surface area (Å²) in [6.07, 6.45) is 13.0. The van der Waals surface area contributed by atoms with Crippen LogP contribution in [0.2, 0.25) is 16.6 Å². The van der Waals surface area contributed by atoms with Crippen LogP contribution in [-0.2, 0) is 0 Å². The van der Waals surface area contributed by atoms with Crippen molar-refractivity contribution in [3.05, 3.63) is 41.7 Å². The normalized spacial score (nSPS) is 28.9. The van der Waals surface area contributed by atoms with Crippen molar-refractivity contribution in [1.29, 1.82) is 0 Å². The zero-order valence-corrected chi connectivity index (χ0v) is 27.3. The lowest BCUT2D eigenvalue weighted by Gasteiger charge is -2.54. The van der Waals surface area contributed by atoms with Crippen molar-refractivity contribution in [3.8, 4) is 5.95 Å². The van der Waals surface area contributed by atoms with Gasteiger partial charge in [-0.25, -0.2) is 0 Å². The number of hydrogen-bond acceptors (Lipinski definition) is 3. The van der Waals surface area contributed by atoms with Gasteiger partial charge in [0.1, 0.15) is 6.26 Å². The number of rotatable bonds is 12. The molecule has 2 aliphatic carbocycles. The van der Waals surface area contributed by atoms with Gasteiger partial charge in [0.05, 0.1) is 6.10 Å². The standard InChI is InChI=1S/C34H58O3Si/c1-23(2)14-12-18-33(10)19-13-15-30-29(33)17-16-27(9)34(30,11)21-31(35)28-20-32(36-22-28)37-38(24(3)4,25(5)6)26(7)8/h17,20,22,24-27,30-31,35H,1,12-16,18-19,21H2,2-11H3/t27-,30-,31+,33-,34-/m0/s1. The smallest absolute Gasteiger partial charge is 0.270 e. The highest BCUT2D eigenvalue weighted by atomic mass is 28.4. The molecule has 38 heavy (non-hydrogen) atoms. The molecule has 0 unspecified atom stereocenters. The average molecular weight is 543 g/mol. The van der Waals surface area contributed by atoms with Gasteiger partial charge >= 0.3 is 0 Å². The molecular formula is C34H58O3Si. The van der Waals surface area contributed by atoms with E-state index in [1.165, 1.54) is 37.7 Å². The first-order chi connectivity index (χ1) is 17.7. The fourth-order valence-corrected chi connectivity index (χ4v) is 13.6. The molecule has 3 rings (SSSR count). The minimum absolute atomic E-state index is 0.0597. The van der Waals surface area contributed by atoms with E-state index in [9.17, 15) is 5.11 Å². The maximum atomic E-state index is 11.6. The van der Waals surface area contributed by atoms with Crippen LogP contribution in [-0.4, -0.2) is 13.4 Å². The van der Waals surface area contributed by atoms with E-state index >= 15 is 0 Å². The topological polar surface area (TPSA) is 42.6 Å². The number of furan rings is 1. The van der Waals surface area contributed by atoms with Gasteiger partial charge in [-0.1, -0.05) is 86.0 Å². The van der Waals surface area contributed by atoms with Gasteiger partial charge < -0.3 is 13.9 Å². The Hall–Kier alpha value is -1.26. The highest BCUT2D eigenvalue weighted by molar-refractivity contribution is 6.78. The van der Waals surface area contributed by atoms with Crippen molar-refractivity contribution in [2.45, 2.75) is 143 Å². The van der Waals surface area contributed by atoms with Crippen LogP contribution >= 0.6 is 0 Å². The monoisotopic (exact) mass is 542 g/mol. The molecule has 2 aliphatic rings. The number of fused-ring (bicyclic) bond motifs is 1. The Balaban J connectivity index is 1.80. The minimum atomic E-state index is -2.10. The third-order valence-corrected chi connectivity index (χ3v) is 16.8. The van der Waals surface area contributed by atoms with Gasteiger partial charge in [-0.3, -0.25) is 0 Å². The Bertz CT molecular complexity index is 950. The zero-order valence-electron chi connectivity index (χ0n) is 26.3. The lowest BCUT2D eigenvalue weighted by atomic mass is 9.50. The molecule has 3 nitrogen and oxygen atoms in total. The predicted octanol–water partition coefficient (Wildman–Crippen LogP) is 10.8. The molecule has 0 spiro atoms. The first-order valence-corrected chi connectivity index (χ1v) is 17.6. The van der Waals surface area contributed by atoms with Crippen LogP contribution in [0.4, 0.5) is 0 Å². The number of allylic oxidation sites excluding steroid dienone is 3. The van der Waals surface area contributed by atoms with E-state index < -0.39 is 14.4 Å².